The van der Waals surface area contributed by atoms with E-state index in [4.69, 9.17) is 11.6 Å². The Bertz CT molecular complexity index is 1540. The fraction of sp³-hybridized carbons (Fsp3) is 0.233. The molecule has 7 nitrogen and oxygen atoms in total. The summed E-state index contributed by atoms with van der Waals surface area (Å²) < 4.78 is 29.6. The van der Waals surface area contributed by atoms with Crippen LogP contribution in [0.25, 0.3) is 5.70 Å². The molecule has 204 valence electrons. The fourth-order valence-corrected chi connectivity index (χ4v) is 5.36. The molecular weight excluding hydrogens is 534 g/mol. The Balaban J connectivity index is 1.20. The van der Waals surface area contributed by atoms with Gasteiger partial charge in [0, 0.05) is 33.4 Å². The molecule has 6 rings (SSSR count). The standard InChI is InChI=1S/C30H27ClF2N6O/c31-19-4-9-22-23(14-19)28(26-24(32)2-1-3-25(26)33)35-15-18-16-36-30(39-27(18)22)38-21-7-5-20(6-8-21)37-29(40)17-10-12-34-13-11-17/h1-9,14,17,34H,10-13,15-16H2,(H,37,40)(H2,36,38,39). The lowest BCUT2D eigenvalue weighted by atomic mass is 9.94. The van der Waals surface area contributed by atoms with Crippen LogP contribution in [0.5, 0.6) is 0 Å². The molecule has 4 N–H and O–H groups in total. The van der Waals surface area contributed by atoms with Crippen molar-refractivity contribution in [1.82, 2.24) is 10.6 Å². The summed E-state index contributed by atoms with van der Waals surface area (Å²) in [5.74, 6) is -0.785. The zero-order valence-electron chi connectivity index (χ0n) is 21.5. The van der Waals surface area contributed by atoms with E-state index in [1.54, 1.807) is 12.1 Å². The number of anilines is 2. The third-order valence-corrected chi connectivity index (χ3v) is 7.52. The van der Waals surface area contributed by atoms with E-state index in [1.807, 2.05) is 30.3 Å². The lowest BCUT2D eigenvalue weighted by molar-refractivity contribution is -0.120. The van der Waals surface area contributed by atoms with Gasteiger partial charge in [0.25, 0.3) is 0 Å². The van der Waals surface area contributed by atoms with Crippen LogP contribution in [-0.4, -0.2) is 43.8 Å². The molecule has 0 bridgehead atoms. The largest absolute Gasteiger partial charge is 0.326 e. The molecule has 0 unspecified atom stereocenters. The van der Waals surface area contributed by atoms with Gasteiger partial charge >= 0.3 is 0 Å². The van der Waals surface area contributed by atoms with Gasteiger partial charge < -0.3 is 21.3 Å². The number of fused-ring (bicyclic) bond motifs is 2. The van der Waals surface area contributed by atoms with Crippen molar-refractivity contribution in [2.45, 2.75) is 12.8 Å². The van der Waals surface area contributed by atoms with Gasteiger partial charge in [-0.15, -0.1) is 0 Å². The highest BCUT2D eigenvalue weighted by molar-refractivity contribution is 6.31. The van der Waals surface area contributed by atoms with Gasteiger partial charge in [-0.05, 0) is 80.0 Å². The highest BCUT2D eigenvalue weighted by atomic mass is 35.5. The quantitative estimate of drug-likeness (QED) is 0.354. The highest BCUT2D eigenvalue weighted by Crippen LogP contribution is 2.32. The summed E-state index contributed by atoms with van der Waals surface area (Å²) in [6, 6.07) is 16.4. The van der Waals surface area contributed by atoms with E-state index < -0.39 is 11.6 Å². The lowest BCUT2D eigenvalue weighted by Gasteiger charge is -2.23. The van der Waals surface area contributed by atoms with Gasteiger partial charge in [-0.25, -0.2) is 13.8 Å². The molecule has 3 aromatic rings. The van der Waals surface area contributed by atoms with Crippen LogP contribution in [0.15, 0.2) is 76.2 Å². The number of carbonyl (C=O) groups excluding carboxylic acids is 1. The molecule has 1 amide bonds. The van der Waals surface area contributed by atoms with E-state index in [0.29, 0.717) is 23.1 Å². The summed E-state index contributed by atoms with van der Waals surface area (Å²) in [5.41, 5.74) is 4.45. The number of hydrogen-bond acceptors (Lipinski definition) is 6. The van der Waals surface area contributed by atoms with E-state index in [2.05, 4.69) is 31.3 Å². The number of carbonyl (C=O) groups is 1. The molecule has 0 saturated carbocycles. The maximum atomic E-state index is 14.8. The van der Waals surface area contributed by atoms with Crippen molar-refractivity contribution in [3.63, 3.8) is 0 Å². The number of benzene rings is 3. The second-order valence-corrected chi connectivity index (χ2v) is 10.4. The predicted octanol–water partition coefficient (Wildman–Crippen LogP) is 5.19. The summed E-state index contributed by atoms with van der Waals surface area (Å²) in [6.07, 6.45) is 1.68. The maximum absolute atomic E-state index is 14.8. The Labute approximate surface area is 235 Å². The Kier molecular flexibility index (Phi) is 7.32. The molecule has 3 aliphatic heterocycles. The van der Waals surface area contributed by atoms with Crippen molar-refractivity contribution in [1.29, 1.82) is 0 Å². The average molecular weight is 561 g/mol. The summed E-state index contributed by atoms with van der Waals surface area (Å²) >= 11 is 6.32. The van der Waals surface area contributed by atoms with Crippen LogP contribution in [0.1, 0.15) is 29.5 Å². The number of rotatable bonds is 4. The van der Waals surface area contributed by atoms with E-state index in [9.17, 15) is 13.6 Å². The summed E-state index contributed by atoms with van der Waals surface area (Å²) in [7, 11) is 0. The molecule has 3 heterocycles. The minimum atomic E-state index is -0.688. The van der Waals surface area contributed by atoms with Gasteiger partial charge in [-0.1, -0.05) is 23.7 Å². The maximum Gasteiger partial charge on any atom is 0.227 e. The van der Waals surface area contributed by atoms with Gasteiger partial charge in [0.15, 0.2) is 0 Å². The predicted molar refractivity (Wildman–Crippen MR) is 155 cm³/mol. The summed E-state index contributed by atoms with van der Waals surface area (Å²) in [4.78, 5) is 21.8. The number of amides is 1. The van der Waals surface area contributed by atoms with Crippen LogP contribution in [0.3, 0.4) is 0 Å². The van der Waals surface area contributed by atoms with Gasteiger partial charge in [0.2, 0.25) is 11.9 Å². The average Bonchev–Trinajstić information content (AvgIpc) is 3.11. The molecule has 0 aromatic heterocycles. The van der Waals surface area contributed by atoms with Gasteiger partial charge in [-0.2, -0.15) is 0 Å². The molecule has 1 fully saturated rings. The second-order valence-electron chi connectivity index (χ2n) is 9.94. The minimum absolute atomic E-state index is 0.0269. The molecular formula is C30H27ClF2N6O. The molecule has 0 atom stereocenters. The SMILES string of the molecule is O=C(Nc1ccc(NC2=NCC3=C(N2)c2ccc(Cl)cc2C(c2c(F)cccc2F)=NC3)cc1)C1CCNCC1. The molecule has 0 radical (unpaired) electrons. The first-order valence-electron chi connectivity index (χ1n) is 13.2. The molecule has 40 heavy (non-hydrogen) atoms. The Hall–Kier alpha value is -4.08. The zero-order chi connectivity index (χ0) is 27.6. The van der Waals surface area contributed by atoms with Crippen molar-refractivity contribution >= 4 is 46.3 Å². The van der Waals surface area contributed by atoms with E-state index >= 15 is 0 Å². The number of nitrogens with one attached hydrogen (secondary N) is 4. The van der Waals surface area contributed by atoms with Crippen LogP contribution in [0, 0.1) is 17.6 Å². The number of nitrogens with zero attached hydrogens (tertiary/aromatic N) is 2. The smallest absolute Gasteiger partial charge is 0.227 e. The third kappa shape index (κ3) is 5.35. The fourth-order valence-electron chi connectivity index (χ4n) is 5.19. The normalized spacial score (nSPS) is 17.1. The molecule has 3 aliphatic rings. The molecule has 10 heteroatoms. The van der Waals surface area contributed by atoms with Crippen LogP contribution < -0.4 is 21.3 Å². The first-order valence-corrected chi connectivity index (χ1v) is 13.6. The van der Waals surface area contributed by atoms with E-state index in [0.717, 1.165) is 54.1 Å². The van der Waals surface area contributed by atoms with Crippen molar-refractivity contribution in [3.8, 4) is 0 Å². The van der Waals surface area contributed by atoms with Crippen molar-refractivity contribution < 1.29 is 13.6 Å². The number of piperidine rings is 1. The van der Waals surface area contributed by atoms with Crippen molar-refractivity contribution in [2.75, 3.05) is 36.8 Å². The summed E-state index contributed by atoms with van der Waals surface area (Å²) in [6.45, 7) is 2.30. The van der Waals surface area contributed by atoms with Crippen LogP contribution in [-0.2, 0) is 4.79 Å². The molecule has 0 spiro atoms. The number of guanidine groups is 1. The monoisotopic (exact) mass is 560 g/mol. The molecule has 1 saturated heterocycles. The minimum Gasteiger partial charge on any atom is -0.326 e. The Morgan fingerprint density at radius 3 is 2.35 bits per heavy atom. The van der Waals surface area contributed by atoms with Crippen LogP contribution in [0.2, 0.25) is 5.02 Å². The number of hydrogen-bond donors (Lipinski definition) is 4. The molecule has 0 aliphatic carbocycles. The van der Waals surface area contributed by atoms with Crippen LogP contribution >= 0.6 is 11.6 Å². The Morgan fingerprint density at radius 1 is 0.900 bits per heavy atom. The lowest BCUT2D eigenvalue weighted by Crippen LogP contribution is -2.34. The second kappa shape index (κ2) is 11.2. The Morgan fingerprint density at radius 2 is 1.60 bits per heavy atom. The van der Waals surface area contributed by atoms with E-state index in [-0.39, 0.29) is 29.6 Å². The van der Waals surface area contributed by atoms with Crippen LogP contribution in [0.4, 0.5) is 20.2 Å². The van der Waals surface area contributed by atoms with Gasteiger partial charge in [0.05, 0.1) is 30.1 Å². The highest BCUT2D eigenvalue weighted by Gasteiger charge is 2.27. The van der Waals surface area contributed by atoms with Crippen molar-refractivity contribution in [3.05, 3.63) is 99.6 Å². The zero-order valence-corrected chi connectivity index (χ0v) is 22.3. The topological polar surface area (TPSA) is 89.9 Å². The molecule has 3 aromatic carbocycles. The van der Waals surface area contributed by atoms with Crippen molar-refractivity contribution in [2.24, 2.45) is 15.9 Å². The summed E-state index contributed by atoms with van der Waals surface area (Å²) in [5, 5.41) is 13.3. The number of aliphatic imine (C=N–C) groups is 2. The third-order valence-electron chi connectivity index (χ3n) is 7.28. The van der Waals surface area contributed by atoms with Gasteiger partial charge in [-0.3, -0.25) is 9.79 Å². The number of halogens is 3. The first kappa shape index (κ1) is 26.2. The van der Waals surface area contributed by atoms with E-state index in [1.165, 1.54) is 18.2 Å². The van der Waals surface area contributed by atoms with Gasteiger partial charge in [0.1, 0.15) is 11.6 Å². The first-order chi connectivity index (χ1) is 19.5.